The Morgan fingerprint density at radius 2 is 2.13 bits per heavy atom. The minimum absolute atomic E-state index is 0.0252. The maximum absolute atomic E-state index is 12.1. The van der Waals surface area contributed by atoms with Gasteiger partial charge < -0.3 is 15.2 Å². The van der Waals surface area contributed by atoms with E-state index in [4.69, 9.17) is 0 Å². The van der Waals surface area contributed by atoms with Crippen LogP contribution in [-0.2, 0) is 0 Å². The SMILES string of the molecule is CN1CCN(c2cccc(Nc3ncnc4[nH]ccc34)c2)C1=O. The summed E-state index contributed by atoms with van der Waals surface area (Å²) in [4.78, 5) is 27.2. The number of likely N-dealkylation sites (N-methyl/N-ethyl adjacent to an activating group) is 1. The molecule has 1 aliphatic heterocycles. The Hall–Kier alpha value is -3.09. The van der Waals surface area contributed by atoms with Gasteiger partial charge in [-0.15, -0.1) is 0 Å². The zero-order chi connectivity index (χ0) is 15.8. The number of carbonyl (C=O) groups is 1. The number of benzene rings is 1. The van der Waals surface area contributed by atoms with Gasteiger partial charge in [0, 0.05) is 37.7 Å². The van der Waals surface area contributed by atoms with Crippen LogP contribution in [-0.4, -0.2) is 46.0 Å². The minimum Gasteiger partial charge on any atom is -0.346 e. The smallest absolute Gasteiger partial charge is 0.324 e. The van der Waals surface area contributed by atoms with Crippen LogP contribution in [0.5, 0.6) is 0 Å². The molecule has 116 valence electrons. The Balaban J connectivity index is 1.64. The summed E-state index contributed by atoms with van der Waals surface area (Å²) in [5.74, 6) is 0.735. The summed E-state index contributed by atoms with van der Waals surface area (Å²) in [5, 5.41) is 4.23. The molecule has 7 heteroatoms. The third kappa shape index (κ3) is 2.36. The fourth-order valence-electron chi connectivity index (χ4n) is 2.75. The highest BCUT2D eigenvalue weighted by molar-refractivity contribution is 5.95. The quantitative estimate of drug-likeness (QED) is 0.779. The average molecular weight is 308 g/mol. The molecule has 0 unspecified atom stereocenters. The van der Waals surface area contributed by atoms with E-state index in [-0.39, 0.29) is 6.03 Å². The summed E-state index contributed by atoms with van der Waals surface area (Å²) in [7, 11) is 1.81. The summed E-state index contributed by atoms with van der Waals surface area (Å²) in [6.45, 7) is 1.45. The van der Waals surface area contributed by atoms with Gasteiger partial charge in [-0.2, -0.15) is 0 Å². The highest BCUT2D eigenvalue weighted by atomic mass is 16.2. The molecule has 23 heavy (non-hydrogen) atoms. The molecule has 7 nitrogen and oxygen atoms in total. The maximum Gasteiger partial charge on any atom is 0.324 e. The molecule has 3 aromatic rings. The molecule has 1 saturated heterocycles. The number of amides is 2. The Morgan fingerprint density at radius 3 is 2.96 bits per heavy atom. The third-order valence-electron chi connectivity index (χ3n) is 3.99. The fraction of sp³-hybridized carbons (Fsp3) is 0.188. The Labute approximate surface area is 133 Å². The molecule has 1 aromatic carbocycles. The van der Waals surface area contributed by atoms with Gasteiger partial charge in [0.2, 0.25) is 0 Å². The number of carbonyl (C=O) groups excluding carboxylic acids is 1. The number of hydrogen-bond donors (Lipinski definition) is 2. The minimum atomic E-state index is 0.0252. The van der Waals surface area contributed by atoms with Crippen LogP contribution in [0, 0.1) is 0 Å². The lowest BCUT2D eigenvalue weighted by Crippen LogP contribution is -2.29. The van der Waals surface area contributed by atoms with Crippen molar-refractivity contribution in [1.29, 1.82) is 0 Å². The zero-order valence-electron chi connectivity index (χ0n) is 12.7. The first-order valence-electron chi connectivity index (χ1n) is 7.40. The van der Waals surface area contributed by atoms with Crippen LogP contribution < -0.4 is 10.2 Å². The molecule has 0 radical (unpaired) electrons. The second-order valence-electron chi connectivity index (χ2n) is 5.49. The number of nitrogens with one attached hydrogen (secondary N) is 2. The molecule has 1 aliphatic rings. The van der Waals surface area contributed by atoms with Gasteiger partial charge in [0.25, 0.3) is 0 Å². The zero-order valence-corrected chi connectivity index (χ0v) is 12.7. The standard InChI is InChI=1S/C16H16N6O/c1-21-7-8-22(16(21)23)12-4-2-3-11(9-12)20-15-13-5-6-17-14(13)18-10-19-15/h2-6,9-10H,7-8H2,1H3,(H2,17,18,19,20). The van der Waals surface area contributed by atoms with Crippen molar-refractivity contribution in [2.75, 3.05) is 30.4 Å². The monoisotopic (exact) mass is 308 g/mol. The molecule has 4 rings (SSSR count). The molecule has 0 bridgehead atoms. The van der Waals surface area contributed by atoms with E-state index in [1.54, 1.807) is 9.80 Å². The van der Waals surface area contributed by atoms with Crippen LogP contribution in [0.3, 0.4) is 0 Å². The Morgan fingerprint density at radius 1 is 1.22 bits per heavy atom. The average Bonchev–Trinajstić information content (AvgIpc) is 3.16. The van der Waals surface area contributed by atoms with Crippen LogP contribution >= 0.6 is 0 Å². The van der Waals surface area contributed by atoms with Crippen molar-refractivity contribution in [2.45, 2.75) is 0 Å². The first kappa shape index (κ1) is 13.6. The maximum atomic E-state index is 12.1. The topological polar surface area (TPSA) is 77.2 Å². The molecule has 2 amide bonds. The van der Waals surface area contributed by atoms with E-state index in [2.05, 4.69) is 20.3 Å². The van der Waals surface area contributed by atoms with E-state index in [1.807, 2.05) is 43.6 Å². The molecular formula is C16H16N6O. The Kier molecular flexibility index (Phi) is 3.11. The summed E-state index contributed by atoms with van der Waals surface area (Å²) in [6, 6.07) is 9.73. The van der Waals surface area contributed by atoms with E-state index in [0.29, 0.717) is 6.54 Å². The molecule has 3 heterocycles. The van der Waals surface area contributed by atoms with E-state index < -0.39 is 0 Å². The van der Waals surface area contributed by atoms with Gasteiger partial charge in [-0.1, -0.05) is 6.07 Å². The molecule has 1 fully saturated rings. The van der Waals surface area contributed by atoms with Gasteiger partial charge in [-0.05, 0) is 24.3 Å². The predicted octanol–water partition coefficient (Wildman–Crippen LogP) is 2.57. The van der Waals surface area contributed by atoms with Gasteiger partial charge in [0.1, 0.15) is 17.8 Å². The van der Waals surface area contributed by atoms with Crippen molar-refractivity contribution in [1.82, 2.24) is 19.9 Å². The number of aromatic nitrogens is 3. The molecule has 0 saturated carbocycles. The van der Waals surface area contributed by atoms with Gasteiger partial charge in [-0.3, -0.25) is 4.90 Å². The fourth-order valence-corrected chi connectivity index (χ4v) is 2.75. The predicted molar refractivity (Wildman–Crippen MR) is 89.0 cm³/mol. The van der Waals surface area contributed by atoms with Crippen LogP contribution in [0.25, 0.3) is 11.0 Å². The summed E-state index contributed by atoms with van der Waals surface area (Å²) >= 11 is 0. The van der Waals surface area contributed by atoms with E-state index in [0.717, 1.165) is 34.8 Å². The second-order valence-corrected chi connectivity index (χ2v) is 5.49. The number of nitrogens with zero attached hydrogens (tertiary/aromatic N) is 4. The van der Waals surface area contributed by atoms with Crippen LogP contribution in [0.1, 0.15) is 0 Å². The van der Waals surface area contributed by atoms with Gasteiger partial charge in [-0.25, -0.2) is 14.8 Å². The molecule has 2 aromatic heterocycles. The second kappa shape index (κ2) is 5.28. The van der Waals surface area contributed by atoms with E-state index >= 15 is 0 Å². The van der Waals surface area contributed by atoms with Gasteiger partial charge in [0.15, 0.2) is 0 Å². The van der Waals surface area contributed by atoms with E-state index in [9.17, 15) is 4.79 Å². The van der Waals surface area contributed by atoms with Crippen LogP contribution in [0.4, 0.5) is 22.0 Å². The van der Waals surface area contributed by atoms with Crippen LogP contribution in [0.2, 0.25) is 0 Å². The number of rotatable bonds is 3. The van der Waals surface area contributed by atoms with Crippen LogP contribution in [0.15, 0.2) is 42.9 Å². The summed E-state index contributed by atoms with van der Waals surface area (Å²) in [6.07, 6.45) is 3.35. The van der Waals surface area contributed by atoms with Crippen molar-refractivity contribution in [3.63, 3.8) is 0 Å². The summed E-state index contributed by atoms with van der Waals surface area (Å²) < 4.78 is 0. The highest BCUT2D eigenvalue weighted by Crippen LogP contribution is 2.26. The molecule has 0 aliphatic carbocycles. The number of hydrogen-bond acceptors (Lipinski definition) is 4. The number of anilines is 3. The molecule has 2 N–H and O–H groups in total. The Bertz CT molecular complexity index is 874. The third-order valence-corrected chi connectivity index (χ3v) is 3.99. The van der Waals surface area contributed by atoms with Gasteiger partial charge in [0.05, 0.1) is 5.39 Å². The normalized spacial score (nSPS) is 14.7. The van der Waals surface area contributed by atoms with Crippen molar-refractivity contribution >= 4 is 34.3 Å². The lowest BCUT2D eigenvalue weighted by Gasteiger charge is -2.17. The molecule has 0 atom stereocenters. The van der Waals surface area contributed by atoms with Crippen molar-refractivity contribution in [2.24, 2.45) is 0 Å². The number of urea groups is 1. The van der Waals surface area contributed by atoms with Crippen molar-refractivity contribution in [3.8, 4) is 0 Å². The molecular weight excluding hydrogens is 292 g/mol. The van der Waals surface area contributed by atoms with Gasteiger partial charge >= 0.3 is 6.03 Å². The summed E-state index contributed by atoms with van der Waals surface area (Å²) in [5.41, 5.74) is 2.55. The number of aromatic amines is 1. The van der Waals surface area contributed by atoms with E-state index in [1.165, 1.54) is 6.33 Å². The lowest BCUT2D eigenvalue weighted by atomic mass is 10.2. The lowest BCUT2D eigenvalue weighted by molar-refractivity contribution is 0.229. The largest absolute Gasteiger partial charge is 0.346 e. The highest BCUT2D eigenvalue weighted by Gasteiger charge is 2.26. The molecule has 0 spiro atoms. The first-order valence-corrected chi connectivity index (χ1v) is 7.40. The van der Waals surface area contributed by atoms with Crippen molar-refractivity contribution < 1.29 is 4.79 Å². The van der Waals surface area contributed by atoms with Crippen molar-refractivity contribution in [3.05, 3.63) is 42.9 Å². The number of fused-ring (bicyclic) bond motifs is 1. The number of H-pyrrole nitrogens is 1. The first-order chi connectivity index (χ1) is 11.2.